The Morgan fingerprint density at radius 3 is 3.00 bits per heavy atom. The van der Waals surface area contributed by atoms with E-state index in [1.54, 1.807) is 11.1 Å². The molecule has 1 aromatic heterocycles. The summed E-state index contributed by atoms with van der Waals surface area (Å²) in [6.45, 7) is 3.48. The Balaban J connectivity index is 2.06. The number of nitrogens with zero attached hydrogens (tertiary/aromatic N) is 3. The minimum atomic E-state index is -0.0737. The van der Waals surface area contributed by atoms with Gasteiger partial charge in [0.15, 0.2) is 0 Å². The molecule has 1 aromatic rings. The molecule has 5 nitrogen and oxygen atoms in total. The molecule has 2 atom stereocenters. The lowest BCUT2D eigenvalue weighted by Gasteiger charge is -2.34. The molecule has 0 bridgehead atoms. The quantitative estimate of drug-likeness (QED) is 0.738. The number of rotatable bonds is 1. The maximum atomic E-state index is 12.0. The molecule has 0 saturated carbocycles. The van der Waals surface area contributed by atoms with E-state index in [2.05, 4.69) is 16.9 Å². The number of amides is 1. The largest absolute Gasteiger partial charge is 0.336 e. The van der Waals surface area contributed by atoms with Gasteiger partial charge in [-0.15, -0.1) is 0 Å². The van der Waals surface area contributed by atoms with E-state index in [0.717, 1.165) is 13.0 Å². The van der Waals surface area contributed by atoms with Crippen LogP contribution in [0.1, 0.15) is 23.8 Å². The molecule has 16 heavy (non-hydrogen) atoms. The third-order valence-electron chi connectivity index (χ3n) is 3.09. The highest BCUT2D eigenvalue weighted by molar-refractivity contribution is 5.92. The Morgan fingerprint density at radius 2 is 2.38 bits per heavy atom. The van der Waals surface area contributed by atoms with Gasteiger partial charge >= 0.3 is 0 Å². The van der Waals surface area contributed by atoms with E-state index in [0.29, 0.717) is 18.2 Å². The maximum absolute atomic E-state index is 12.0. The van der Waals surface area contributed by atoms with Crippen molar-refractivity contribution in [2.45, 2.75) is 19.4 Å². The average molecular weight is 220 g/mol. The fraction of sp³-hybridized carbons (Fsp3) is 0.545. The van der Waals surface area contributed by atoms with Gasteiger partial charge in [0.2, 0.25) is 0 Å². The van der Waals surface area contributed by atoms with Crippen LogP contribution in [0, 0.1) is 5.92 Å². The molecular weight excluding hydrogens is 204 g/mol. The van der Waals surface area contributed by atoms with Crippen LogP contribution in [0.15, 0.2) is 18.6 Å². The first-order valence-corrected chi connectivity index (χ1v) is 5.49. The van der Waals surface area contributed by atoms with Crippen LogP contribution in [-0.4, -0.2) is 39.9 Å². The van der Waals surface area contributed by atoms with Gasteiger partial charge in [-0.05, 0) is 12.3 Å². The van der Waals surface area contributed by atoms with Crippen LogP contribution in [0.2, 0.25) is 0 Å². The van der Waals surface area contributed by atoms with Crippen LogP contribution in [0.4, 0.5) is 0 Å². The molecule has 0 spiro atoms. The lowest BCUT2D eigenvalue weighted by Crippen LogP contribution is -2.49. The van der Waals surface area contributed by atoms with E-state index >= 15 is 0 Å². The predicted molar refractivity (Wildman–Crippen MR) is 59.7 cm³/mol. The normalized spacial score (nSPS) is 25.5. The molecule has 0 radical (unpaired) electrons. The van der Waals surface area contributed by atoms with Crippen molar-refractivity contribution < 1.29 is 4.79 Å². The van der Waals surface area contributed by atoms with E-state index in [-0.39, 0.29) is 11.9 Å². The van der Waals surface area contributed by atoms with Gasteiger partial charge in [-0.3, -0.25) is 9.78 Å². The Hall–Kier alpha value is -1.49. The topological polar surface area (TPSA) is 72.1 Å². The molecule has 2 heterocycles. The van der Waals surface area contributed by atoms with Gasteiger partial charge in [-0.25, -0.2) is 4.98 Å². The van der Waals surface area contributed by atoms with E-state index in [1.165, 1.54) is 12.4 Å². The van der Waals surface area contributed by atoms with Crippen molar-refractivity contribution in [3.8, 4) is 0 Å². The van der Waals surface area contributed by atoms with Gasteiger partial charge in [0.25, 0.3) is 5.91 Å². The molecule has 2 N–H and O–H groups in total. The second kappa shape index (κ2) is 4.57. The van der Waals surface area contributed by atoms with Crippen LogP contribution >= 0.6 is 0 Å². The van der Waals surface area contributed by atoms with Crippen LogP contribution in [0.25, 0.3) is 0 Å². The number of carbonyl (C=O) groups is 1. The summed E-state index contributed by atoms with van der Waals surface area (Å²) in [5, 5.41) is 0. The molecule has 86 valence electrons. The number of hydrogen-bond donors (Lipinski definition) is 1. The summed E-state index contributed by atoms with van der Waals surface area (Å²) >= 11 is 0. The third kappa shape index (κ3) is 2.19. The van der Waals surface area contributed by atoms with E-state index in [9.17, 15) is 4.79 Å². The van der Waals surface area contributed by atoms with Gasteiger partial charge in [-0.1, -0.05) is 6.92 Å². The molecule has 1 saturated heterocycles. The van der Waals surface area contributed by atoms with E-state index in [4.69, 9.17) is 5.73 Å². The first-order chi connectivity index (χ1) is 7.68. The summed E-state index contributed by atoms with van der Waals surface area (Å²) in [5.41, 5.74) is 6.35. The van der Waals surface area contributed by atoms with Crippen LogP contribution in [0.5, 0.6) is 0 Å². The number of piperidine rings is 1. The minimum absolute atomic E-state index is 0.0642. The van der Waals surface area contributed by atoms with E-state index in [1.807, 2.05) is 0 Å². The van der Waals surface area contributed by atoms with Crippen LogP contribution in [0.3, 0.4) is 0 Å². The summed E-state index contributed by atoms with van der Waals surface area (Å²) < 4.78 is 0. The summed E-state index contributed by atoms with van der Waals surface area (Å²) in [4.78, 5) is 21.7. The maximum Gasteiger partial charge on any atom is 0.274 e. The zero-order valence-electron chi connectivity index (χ0n) is 9.34. The molecular formula is C11H16N4O. The van der Waals surface area contributed by atoms with Gasteiger partial charge in [0.1, 0.15) is 5.69 Å². The number of nitrogens with two attached hydrogens (primary N) is 1. The standard InChI is InChI=1S/C11H16N4O/c1-8-2-5-15(7-9(8)12)11(16)10-6-13-3-4-14-10/h3-4,6,8-9H,2,5,7,12H2,1H3. The Morgan fingerprint density at radius 1 is 1.56 bits per heavy atom. The minimum Gasteiger partial charge on any atom is -0.336 e. The molecule has 1 aliphatic heterocycles. The number of likely N-dealkylation sites (tertiary alicyclic amines) is 1. The van der Waals surface area contributed by atoms with Gasteiger partial charge in [0.05, 0.1) is 6.20 Å². The molecule has 2 rings (SSSR count). The summed E-state index contributed by atoms with van der Waals surface area (Å²) in [6.07, 6.45) is 5.53. The fourth-order valence-corrected chi connectivity index (χ4v) is 1.86. The fourth-order valence-electron chi connectivity index (χ4n) is 1.86. The lowest BCUT2D eigenvalue weighted by molar-refractivity contribution is 0.0666. The second-order valence-corrected chi connectivity index (χ2v) is 4.27. The van der Waals surface area contributed by atoms with Crippen molar-refractivity contribution in [2.24, 2.45) is 11.7 Å². The van der Waals surface area contributed by atoms with Crippen molar-refractivity contribution in [1.82, 2.24) is 14.9 Å². The van der Waals surface area contributed by atoms with Crippen molar-refractivity contribution in [3.05, 3.63) is 24.3 Å². The van der Waals surface area contributed by atoms with Crippen LogP contribution < -0.4 is 5.73 Å². The zero-order chi connectivity index (χ0) is 11.5. The van der Waals surface area contributed by atoms with Crippen molar-refractivity contribution in [3.63, 3.8) is 0 Å². The highest BCUT2D eigenvalue weighted by Crippen LogP contribution is 2.16. The Labute approximate surface area is 94.7 Å². The smallest absolute Gasteiger partial charge is 0.274 e. The first kappa shape index (κ1) is 11.0. The number of aromatic nitrogens is 2. The predicted octanol–water partition coefficient (Wildman–Crippen LogP) is 0.286. The summed E-state index contributed by atoms with van der Waals surface area (Å²) in [6, 6.07) is 0.0642. The second-order valence-electron chi connectivity index (χ2n) is 4.27. The first-order valence-electron chi connectivity index (χ1n) is 5.49. The van der Waals surface area contributed by atoms with Gasteiger partial charge in [0, 0.05) is 31.5 Å². The lowest BCUT2D eigenvalue weighted by atomic mass is 9.94. The molecule has 1 amide bonds. The Kier molecular flexibility index (Phi) is 3.14. The summed E-state index contributed by atoms with van der Waals surface area (Å²) in [7, 11) is 0. The van der Waals surface area contributed by atoms with Gasteiger partial charge < -0.3 is 10.6 Å². The number of hydrogen-bond acceptors (Lipinski definition) is 4. The number of carbonyl (C=O) groups excluding carboxylic acids is 1. The van der Waals surface area contributed by atoms with Crippen molar-refractivity contribution >= 4 is 5.91 Å². The molecule has 5 heteroatoms. The van der Waals surface area contributed by atoms with Crippen molar-refractivity contribution in [1.29, 1.82) is 0 Å². The average Bonchev–Trinajstić information content (AvgIpc) is 2.33. The highest BCUT2D eigenvalue weighted by Gasteiger charge is 2.27. The highest BCUT2D eigenvalue weighted by atomic mass is 16.2. The monoisotopic (exact) mass is 220 g/mol. The van der Waals surface area contributed by atoms with Crippen LogP contribution in [-0.2, 0) is 0 Å². The SMILES string of the molecule is CC1CCN(C(=O)c2cnccn2)CC1N. The molecule has 0 aliphatic carbocycles. The molecule has 1 fully saturated rings. The van der Waals surface area contributed by atoms with E-state index < -0.39 is 0 Å². The zero-order valence-corrected chi connectivity index (χ0v) is 9.34. The van der Waals surface area contributed by atoms with Gasteiger partial charge in [-0.2, -0.15) is 0 Å². The Bertz CT molecular complexity index is 368. The molecule has 1 aliphatic rings. The summed E-state index contributed by atoms with van der Waals surface area (Å²) in [5.74, 6) is 0.404. The third-order valence-corrected chi connectivity index (χ3v) is 3.09. The molecule has 0 aromatic carbocycles. The molecule has 2 unspecified atom stereocenters. The van der Waals surface area contributed by atoms with Crippen molar-refractivity contribution in [2.75, 3.05) is 13.1 Å².